The number of halogens is 1. The number of carbonyl (C=O) groups excluding carboxylic acids is 1. The van der Waals surface area contributed by atoms with E-state index in [0.29, 0.717) is 5.03 Å². The molecule has 0 aliphatic rings. The largest absolute Gasteiger partial charge is 0.348 e. The molecule has 80 valence electrons. The number of hydrogen-bond donors (Lipinski definition) is 1. The first-order valence-electron chi connectivity index (χ1n) is 4.37. The Hall–Kier alpha value is -1.55. The fraction of sp³-hybridized carbons (Fsp3) is 0.200. The van der Waals surface area contributed by atoms with E-state index in [2.05, 4.69) is 17.0 Å². The van der Waals surface area contributed by atoms with E-state index in [1.807, 2.05) is 6.07 Å². The number of nitrogens with one attached hydrogen (secondary N) is 1. The number of aromatic nitrogens is 2. The van der Waals surface area contributed by atoms with Gasteiger partial charge < -0.3 is 5.32 Å². The van der Waals surface area contributed by atoms with Crippen LogP contribution in [-0.2, 0) is 11.8 Å². The van der Waals surface area contributed by atoms with Gasteiger partial charge in [-0.25, -0.2) is 0 Å². The lowest BCUT2D eigenvalue weighted by Crippen LogP contribution is -2.21. The average Bonchev–Trinajstić information content (AvgIpc) is 2.58. The van der Waals surface area contributed by atoms with Crippen LogP contribution < -0.4 is 5.32 Å². The van der Waals surface area contributed by atoms with Crippen molar-refractivity contribution in [3.8, 4) is 0 Å². The number of hydrogen-bond acceptors (Lipinski definition) is 2. The molecule has 0 radical (unpaired) electrons. The highest BCUT2D eigenvalue weighted by molar-refractivity contribution is 6.29. The van der Waals surface area contributed by atoms with Crippen molar-refractivity contribution in [3.63, 3.8) is 0 Å². The first-order valence-corrected chi connectivity index (χ1v) is 4.74. The van der Waals surface area contributed by atoms with Gasteiger partial charge in [0, 0.05) is 24.4 Å². The molecule has 1 aromatic rings. The Morgan fingerprint density at radius 1 is 1.80 bits per heavy atom. The lowest BCUT2D eigenvalue weighted by molar-refractivity contribution is -0.116. The van der Waals surface area contributed by atoms with Gasteiger partial charge >= 0.3 is 0 Å². The molecule has 0 spiro atoms. The van der Waals surface area contributed by atoms with Gasteiger partial charge in [-0.3, -0.25) is 9.48 Å². The molecule has 15 heavy (non-hydrogen) atoms. The zero-order valence-electron chi connectivity index (χ0n) is 8.40. The van der Waals surface area contributed by atoms with Crippen LogP contribution in [0.1, 0.15) is 5.69 Å². The summed E-state index contributed by atoms with van der Waals surface area (Å²) in [5.74, 6) is -0.210. The molecule has 0 fully saturated rings. The number of aryl methyl sites for hydroxylation is 1. The van der Waals surface area contributed by atoms with Gasteiger partial charge in [0.05, 0.1) is 12.2 Å². The van der Waals surface area contributed by atoms with Crippen molar-refractivity contribution >= 4 is 23.6 Å². The van der Waals surface area contributed by atoms with Crippen molar-refractivity contribution in [1.29, 1.82) is 0 Å². The number of rotatable bonds is 4. The molecular formula is C10H12ClN3O. The highest BCUT2D eigenvalue weighted by Gasteiger charge is 1.96. The first kappa shape index (κ1) is 11.5. The standard InChI is InChI=1S/C10H12ClN3O/c1-8(11)7-12-10(15)4-3-9-5-6-13-14(9)2/h3-6H,1,7H2,2H3,(H,12,15)/b4-3+. The second kappa shape index (κ2) is 5.36. The maximum absolute atomic E-state index is 11.2. The smallest absolute Gasteiger partial charge is 0.244 e. The molecule has 4 nitrogen and oxygen atoms in total. The summed E-state index contributed by atoms with van der Waals surface area (Å²) in [6.45, 7) is 3.74. The van der Waals surface area contributed by atoms with Crippen LogP contribution in [0.15, 0.2) is 30.0 Å². The predicted octanol–water partition coefficient (Wildman–Crippen LogP) is 1.30. The Morgan fingerprint density at radius 3 is 3.07 bits per heavy atom. The maximum atomic E-state index is 11.2. The van der Waals surface area contributed by atoms with E-state index in [4.69, 9.17) is 11.6 Å². The van der Waals surface area contributed by atoms with Crippen LogP contribution in [0.4, 0.5) is 0 Å². The molecule has 0 aromatic carbocycles. The van der Waals surface area contributed by atoms with E-state index in [1.54, 1.807) is 24.0 Å². The maximum Gasteiger partial charge on any atom is 0.244 e. The zero-order chi connectivity index (χ0) is 11.3. The molecule has 1 heterocycles. The normalized spacial score (nSPS) is 10.5. The Balaban J connectivity index is 2.48. The number of carbonyl (C=O) groups is 1. The van der Waals surface area contributed by atoms with E-state index < -0.39 is 0 Å². The van der Waals surface area contributed by atoms with Crippen molar-refractivity contribution in [2.75, 3.05) is 6.54 Å². The van der Waals surface area contributed by atoms with Gasteiger partial charge in [-0.15, -0.1) is 0 Å². The Kier molecular flexibility index (Phi) is 4.12. The molecule has 1 amide bonds. The van der Waals surface area contributed by atoms with Crippen LogP contribution in [0.25, 0.3) is 6.08 Å². The SMILES string of the molecule is C=C(Cl)CNC(=O)/C=C/c1ccnn1C. The van der Waals surface area contributed by atoms with E-state index in [0.717, 1.165) is 5.69 Å². The summed E-state index contributed by atoms with van der Waals surface area (Å²) in [4.78, 5) is 11.2. The van der Waals surface area contributed by atoms with Gasteiger partial charge in [-0.05, 0) is 12.1 Å². The second-order valence-electron chi connectivity index (χ2n) is 2.95. The Morgan fingerprint density at radius 2 is 2.53 bits per heavy atom. The molecular weight excluding hydrogens is 214 g/mol. The van der Waals surface area contributed by atoms with Crippen LogP contribution in [0, 0.1) is 0 Å². The lowest BCUT2D eigenvalue weighted by atomic mass is 10.3. The van der Waals surface area contributed by atoms with E-state index in [9.17, 15) is 4.79 Å². The Bertz CT molecular complexity index is 395. The van der Waals surface area contributed by atoms with E-state index in [1.165, 1.54) is 6.08 Å². The lowest BCUT2D eigenvalue weighted by Gasteiger charge is -1.98. The number of amides is 1. The summed E-state index contributed by atoms with van der Waals surface area (Å²) in [5, 5.41) is 6.94. The minimum Gasteiger partial charge on any atom is -0.348 e. The topological polar surface area (TPSA) is 46.9 Å². The highest BCUT2D eigenvalue weighted by atomic mass is 35.5. The molecule has 0 bridgehead atoms. The van der Waals surface area contributed by atoms with Gasteiger partial charge in [0.2, 0.25) is 5.91 Å². The van der Waals surface area contributed by atoms with Gasteiger partial charge in [-0.2, -0.15) is 5.10 Å². The van der Waals surface area contributed by atoms with Crippen LogP contribution in [0.3, 0.4) is 0 Å². The quantitative estimate of drug-likeness (QED) is 0.786. The minimum atomic E-state index is -0.210. The Labute approximate surface area is 93.2 Å². The molecule has 0 atom stereocenters. The van der Waals surface area contributed by atoms with Crippen LogP contribution in [0.2, 0.25) is 0 Å². The molecule has 5 heteroatoms. The fourth-order valence-electron chi connectivity index (χ4n) is 0.951. The molecule has 1 aromatic heterocycles. The van der Waals surface area contributed by atoms with Crippen molar-refractivity contribution in [2.45, 2.75) is 0 Å². The van der Waals surface area contributed by atoms with Gasteiger partial charge in [0.25, 0.3) is 0 Å². The third kappa shape index (κ3) is 3.99. The first-order chi connectivity index (χ1) is 7.09. The van der Waals surface area contributed by atoms with Crippen LogP contribution in [-0.4, -0.2) is 22.2 Å². The molecule has 1 rings (SSSR count). The summed E-state index contributed by atoms with van der Waals surface area (Å²) in [6, 6.07) is 1.81. The monoisotopic (exact) mass is 225 g/mol. The number of nitrogens with zero attached hydrogens (tertiary/aromatic N) is 2. The third-order valence-corrected chi connectivity index (χ3v) is 1.85. The van der Waals surface area contributed by atoms with Crippen LogP contribution >= 0.6 is 11.6 Å². The van der Waals surface area contributed by atoms with Crippen molar-refractivity contribution in [2.24, 2.45) is 7.05 Å². The van der Waals surface area contributed by atoms with Crippen LogP contribution in [0.5, 0.6) is 0 Å². The summed E-state index contributed by atoms with van der Waals surface area (Å²) in [6.07, 6.45) is 4.77. The predicted molar refractivity (Wildman–Crippen MR) is 60.2 cm³/mol. The van der Waals surface area contributed by atoms with Gasteiger partial charge in [0.1, 0.15) is 0 Å². The molecule has 1 N–H and O–H groups in total. The zero-order valence-corrected chi connectivity index (χ0v) is 9.16. The summed E-state index contributed by atoms with van der Waals surface area (Å²) in [5.41, 5.74) is 0.856. The molecule has 0 saturated carbocycles. The highest BCUT2D eigenvalue weighted by Crippen LogP contribution is 1.99. The minimum absolute atomic E-state index is 0.210. The molecule has 0 saturated heterocycles. The molecule has 0 unspecified atom stereocenters. The van der Waals surface area contributed by atoms with Crippen molar-refractivity contribution in [3.05, 3.63) is 35.6 Å². The summed E-state index contributed by atoms with van der Waals surface area (Å²) < 4.78 is 1.67. The van der Waals surface area contributed by atoms with E-state index >= 15 is 0 Å². The molecule has 0 aliphatic heterocycles. The molecule has 0 aliphatic carbocycles. The van der Waals surface area contributed by atoms with Crippen molar-refractivity contribution in [1.82, 2.24) is 15.1 Å². The van der Waals surface area contributed by atoms with E-state index in [-0.39, 0.29) is 12.5 Å². The fourth-order valence-corrected chi connectivity index (χ4v) is 1.02. The summed E-state index contributed by atoms with van der Waals surface area (Å²) in [7, 11) is 1.80. The second-order valence-corrected chi connectivity index (χ2v) is 3.48. The average molecular weight is 226 g/mol. The van der Waals surface area contributed by atoms with Crippen molar-refractivity contribution < 1.29 is 4.79 Å². The summed E-state index contributed by atoms with van der Waals surface area (Å²) >= 11 is 5.50. The van der Waals surface area contributed by atoms with Gasteiger partial charge in [0.15, 0.2) is 0 Å². The third-order valence-electron chi connectivity index (χ3n) is 1.72. The van der Waals surface area contributed by atoms with Gasteiger partial charge in [-0.1, -0.05) is 18.2 Å².